The normalized spacial score (nSPS) is 20.3. The summed E-state index contributed by atoms with van der Waals surface area (Å²) in [6.07, 6.45) is 3.13. The molecule has 0 amide bonds. The Labute approximate surface area is 155 Å². The number of carbonyl (C=O) groups is 1. The average Bonchev–Trinajstić information content (AvgIpc) is 3.44. The van der Waals surface area contributed by atoms with Gasteiger partial charge in [-0.05, 0) is 26.7 Å². The molecule has 2 aromatic rings. The van der Waals surface area contributed by atoms with E-state index in [1.54, 1.807) is 4.57 Å². The molecule has 27 heavy (non-hydrogen) atoms. The molecule has 8 heteroatoms. The standard InChI is InChI=1S/C19H23FN4O3/c1-9-7-23(6-5-22-9)17-14(20)10(2)13-16(15(17)21)24(11-3-4-11)8-12(18(13)25)19(26)27/h8-9,11,22H,3-7,21H2,1-2H3,(H,26,27). The Balaban J connectivity index is 2.06. The molecule has 144 valence electrons. The molecule has 1 saturated heterocycles. The Morgan fingerprint density at radius 2 is 2.11 bits per heavy atom. The molecular formula is C19H23FN4O3. The van der Waals surface area contributed by atoms with Gasteiger partial charge in [-0.15, -0.1) is 0 Å². The van der Waals surface area contributed by atoms with Crippen LogP contribution < -0.4 is 21.4 Å². The lowest BCUT2D eigenvalue weighted by Gasteiger charge is -2.35. The van der Waals surface area contributed by atoms with Gasteiger partial charge in [0.15, 0.2) is 5.82 Å². The van der Waals surface area contributed by atoms with Gasteiger partial charge in [-0.3, -0.25) is 4.79 Å². The molecule has 4 rings (SSSR count). The maximum atomic E-state index is 15.3. The van der Waals surface area contributed by atoms with E-state index in [1.165, 1.54) is 13.1 Å². The number of rotatable bonds is 3. The Hall–Kier alpha value is -2.61. The van der Waals surface area contributed by atoms with Crippen molar-refractivity contribution in [2.75, 3.05) is 30.3 Å². The number of nitrogens with one attached hydrogen (secondary N) is 1. The Morgan fingerprint density at radius 3 is 2.70 bits per heavy atom. The van der Waals surface area contributed by atoms with Crippen LogP contribution >= 0.6 is 0 Å². The molecule has 1 atom stereocenters. The fourth-order valence-electron chi connectivity index (χ4n) is 4.01. The van der Waals surface area contributed by atoms with Gasteiger partial charge in [-0.25, -0.2) is 9.18 Å². The second-order valence-electron chi connectivity index (χ2n) is 7.54. The molecule has 1 aliphatic carbocycles. The van der Waals surface area contributed by atoms with Crippen LogP contribution in [-0.4, -0.2) is 41.3 Å². The van der Waals surface area contributed by atoms with Crippen molar-refractivity contribution in [3.63, 3.8) is 0 Å². The van der Waals surface area contributed by atoms with Gasteiger partial charge in [0.25, 0.3) is 0 Å². The van der Waals surface area contributed by atoms with E-state index in [0.29, 0.717) is 30.8 Å². The number of piperazine rings is 1. The zero-order valence-corrected chi connectivity index (χ0v) is 15.4. The topological polar surface area (TPSA) is 101 Å². The first kappa shape index (κ1) is 17.8. The number of hydrogen-bond acceptors (Lipinski definition) is 5. The van der Waals surface area contributed by atoms with E-state index in [2.05, 4.69) is 5.32 Å². The van der Waals surface area contributed by atoms with Crippen LogP contribution in [-0.2, 0) is 0 Å². The second kappa shape index (κ2) is 6.23. The third kappa shape index (κ3) is 2.75. The molecule has 2 heterocycles. The SMILES string of the molecule is Cc1c(F)c(N2CCNC(C)C2)c(N)c2c1c(=O)c(C(=O)O)cn2C1CC1. The van der Waals surface area contributed by atoms with Crippen molar-refractivity contribution in [2.24, 2.45) is 0 Å². The summed E-state index contributed by atoms with van der Waals surface area (Å²) in [6, 6.07) is 0.279. The number of carboxylic acid groups (broad SMARTS) is 1. The van der Waals surface area contributed by atoms with E-state index >= 15 is 4.39 Å². The highest BCUT2D eigenvalue weighted by atomic mass is 19.1. The zero-order chi connectivity index (χ0) is 19.5. The molecule has 1 aliphatic heterocycles. The number of carboxylic acids is 1. The predicted molar refractivity (Wildman–Crippen MR) is 102 cm³/mol. The molecule has 0 radical (unpaired) electrons. The lowest BCUT2D eigenvalue weighted by atomic mass is 10.0. The number of nitrogens with zero attached hydrogens (tertiary/aromatic N) is 2. The van der Waals surface area contributed by atoms with E-state index in [0.717, 1.165) is 12.8 Å². The van der Waals surface area contributed by atoms with Gasteiger partial charge in [0, 0.05) is 43.5 Å². The summed E-state index contributed by atoms with van der Waals surface area (Å²) < 4.78 is 17.1. The Bertz CT molecular complexity index is 1010. The molecule has 1 aromatic carbocycles. The number of nitrogens with two attached hydrogens (primary N) is 1. The third-order valence-corrected chi connectivity index (χ3v) is 5.51. The summed E-state index contributed by atoms with van der Waals surface area (Å²) in [7, 11) is 0. The Morgan fingerprint density at radius 1 is 1.41 bits per heavy atom. The Kier molecular flexibility index (Phi) is 4.10. The molecule has 4 N–H and O–H groups in total. The van der Waals surface area contributed by atoms with Crippen LogP contribution in [0.15, 0.2) is 11.0 Å². The largest absolute Gasteiger partial charge is 0.477 e. The van der Waals surface area contributed by atoms with Crippen molar-refractivity contribution in [3.8, 4) is 0 Å². The van der Waals surface area contributed by atoms with Gasteiger partial charge in [0.05, 0.1) is 22.3 Å². The van der Waals surface area contributed by atoms with Crippen LogP contribution in [0.2, 0.25) is 0 Å². The van der Waals surface area contributed by atoms with Crippen molar-refractivity contribution < 1.29 is 14.3 Å². The summed E-state index contributed by atoms with van der Waals surface area (Å²) >= 11 is 0. The number of benzene rings is 1. The van der Waals surface area contributed by atoms with Gasteiger partial charge >= 0.3 is 5.97 Å². The lowest BCUT2D eigenvalue weighted by molar-refractivity contribution is 0.0695. The predicted octanol–water partition coefficient (Wildman–Crippen LogP) is 1.86. The first-order valence-electron chi connectivity index (χ1n) is 9.19. The van der Waals surface area contributed by atoms with E-state index in [9.17, 15) is 14.7 Å². The van der Waals surface area contributed by atoms with Gasteiger partial charge in [0.1, 0.15) is 5.56 Å². The van der Waals surface area contributed by atoms with Crippen molar-refractivity contribution in [1.82, 2.24) is 9.88 Å². The first-order valence-corrected chi connectivity index (χ1v) is 9.19. The molecule has 7 nitrogen and oxygen atoms in total. The van der Waals surface area contributed by atoms with Crippen molar-refractivity contribution in [3.05, 3.63) is 33.4 Å². The van der Waals surface area contributed by atoms with Crippen LogP contribution in [0.5, 0.6) is 0 Å². The van der Waals surface area contributed by atoms with Crippen molar-refractivity contribution in [1.29, 1.82) is 0 Å². The average molecular weight is 374 g/mol. The van der Waals surface area contributed by atoms with E-state index < -0.39 is 17.2 Å². The minimum absolute atomic E-state index is 0.0729. The summed E-state index contributed by atoms with van der Waals surface area (Å²) in [5, 5.41) is 12.8. The molecule has 1 saturated carbocycles. The van der Waals surface area contributed by atoms with Gasteiger partial charge in [0.2, 0.25) is 5.43 Å². The number of aromatic carboxylic acids is 1. The van der Waals surface area contributed by atoms with Crippen molar-refractivity contribution >= 4 is 28.2 Å². The number of halogens is 1. The van der Waals surface area contributed by atoms with Gasteiger partial charge in [-0.1, -0.05) is 0 Å². The smallest absolute Gasteiger partial charge is 0.341 e. The van der Waals surface area contributed by atoms with Crippen molar-refractivity contribution in [2.45, 2.75) is 38.8 Å². The second-order valence-corrected chi connectivity index (χ2v) is 7.54. The quantitative estimate of drug-likeness (QED) is 0.709. The number of aromatic nitrogens is 1. The minimum atomic E-state index is -1.31. The minimum Gasteiger partial charge on any atom is -0.477 e. The molecule has 2 aliphatic rings. The summed E-state index contributed by atoms with van der Waals surface area (Å²) in [6.45, 7) is 5.47. The lowest BCUT2D eigenvalue weighted by Crippen LogP contribution is -2.49. The van der Waals surface area contributed by atoms with Crippen LogP contribution in [0, 0.1) is 12.7 Å². The molecule has 1 aromatic heterocycles. The van der Waals surface area contributed by atoms with Crippen LogP contribution in [0.4, 0.5) is 15.8 Å². The number of aryl methyl sites for hydroxylation is 1. The molecular weight excluding hydrogens is 351 g/mol. The number of nitrogen functional groups attached to an aromatic ring is 1. The van der Waals surface area contributed by atoms with Gasteiger partial charge in [-0.2, -0.15) is 0 Å². The third-order valence-electron chi connectivity index (χ3n) is 5.51. The number of anilines is 2. The summed E-state index contributed by atoms with van der Waals surface area (Å²) in [5.41, 5.74) is 6.52. The molecule has 1 unspecified atom stereocenters. The summed E-state index contributed by atoms with van der Waals surface area (Å²) in [4.78, 5) is 26.2. The molecule has 0 bridgehead atoms. The molecule has 0 spiro atoms. The fraction of sp³-hybridized carbons (Fsp3) is 0.474. The monoisotopic (exact) mass is 374 g/mol. The zero-order valence-electron chi connectivity index (χ0n) is 15.4. The number of fused-ring (bicyclic) bond motifs is 1. The van der Waals surface area contributed by atoms with Crippen LogP contribution in [0.1, 0.15) is 41.7 Å². The maximum absolute atomic E-state index is 15.3. The highest BCUT2D eigenvalue weighted by Crippen LogP contribution is 2.42. The molecule has 2 fully saturated rings. The van der Waals surface area contributed by atoms with E-state index in [4.69, 9.17) is 5.73 Å². The van der Waals surface area contributed by atoms with Crippen LogP contribution in [0.3, 0.4) is 0 Å². The van der Waals surface area contributed by atoms with E-state index in [-0.39, 0.29) is 34.3 Å². The van der Waals surface area contributed by atoms with Gasteiger partial charge < -0.3 is 25.6 Å². The summed E-state index contributed by atoms with van der Waals surface area (Å²) in [5.74, 6) is -1.86. The highest BCUT2D eigenvalue weighted by Gasteiger charge is 2.32. The fourth-order valence-corrected chi connectivity index (χ4v) is 4.01. The highest BCUT2D eigenvalue weighted by molar-refractivity contribution is 6.02. The first-order chi connectivity index (χ1) is 12.8. The van der Waals surface area contributed by atoms with Crippen LogP contribution in [0.25, 0.3) is 10.9 Å². The maximum Gasteiger partial charge on any atom is 0.341 e. The number of hydrogen-bond donors (Lipinski definition) is 3. The number of pyridine rings is 1. The van der Waals surface area contributed by atoms with E-state index in [1.807, 2.05) is 11.8 Å².